The van der Waals surface area contributed by atoms with Crippen LogP contribution in [-0.2, 0) is 0 Å². The Kier molecular flexibility index (Phi) is 5.54. The van der Waals surface area contributed by atoms with Crippen molar-refractivity contribution < 1.29 is 14.7 Å². The molecule has 116 valence electrons. The number of rotatable bonds is 5. The van der Waals surface area contributed by atoms with Gasteiger partial charge in [0.25, 0.3) is 11.8 Å². The predicted molar refractivity (Wildman–Crippen MR) is 87.7 cm³/mol. The smallest absolute Gasteiger partial charge is 0.265 e. The van der Waals surface area contributed by atoms with E-state index in [9.17, 15) is 14.7 Å². The van der Waals surface area contributed by atoms with E-state index in [1.807, 2.05) is 0 Å². The number of halogens is 1. The summed E-state index contributed by atoms with van der Waals surface area (Å²) in [5.74, 6) is -0.623. The van der Waals surface area contributed by atoms with Gasteiger partial charge in [-0.3, -0.25) is 9.59 Å². The van der Waals surface area contributed by atoms with Crippen molar-refractivity contribution in [3.8, 4) is 0 Å². The molecule has 0 radical (unpaired) electrons. The second-order valence-corrected chi connectivity index (χ2v) is 6.04. The van der Waals surface area contributed by atoms with Crippen LogP contribution in [-0.4, -0.2) is 29.6 Å². The largest absolute Gasteiger partial charge is 0.392 e. The third-order valence-corrected chi connectivity index (χ3v) is 3.98. The molecule has 3 N–H and O–H groups in total. The van der Waals surface area contributed by atoms with Crippen molar-refractivity contribution in [2.24, 2.45) is 0 Å². The van der Waals surface area contributed by atoms with E-state index in [0.717, 1.165) is 0 Å². The highest BCUT2D eigenvalue weighted by atomic mass is 35.5. The highest BCUT2D eigenvalue weighted by Crippen LogP contribution is 2.24. The molecule has 22 heavy (non-hydrogen) atoms. The van der Waals surface area contributed by atoms with Crippen molar-refractivity contribution in [1.29, 1.82) is 0 Å². The molecule has 0 unspecified atom stereocenters. The summed E-state index contributed by atoms with van der Waals surface area (Å²) >= 11 is 7.37. The lowest BCUT2D eigenvalue weighted by Gasteiger charge is -2.10. The fourth-order valence-electron chi connectivity index (χ4n) is 1.70. The average molecular weight is 339 g/mol. The molecule has 0 aliphatic rings. The number of carbonyl (C=O) groups is 2. The number of hydrogen-bond acceptors (Lipinski definition) is 4. The summed E-state index contributed by atoms with van der Waals surface area (Å²) in [5, 5.41) is 16.6. The Balaban J connectivity index is 2.13. The lowest BCUT2D eigenvalue weighted by molar-refractivity contribution is 0.0923. The van der Waals surface area contributed by atoms with Crippen LogP contribution in [0, 0.1) is 0 Å². The topological polar surface area (TPSA) is 78.4 Å². The van der Waals surface area contributed by atoms with Crippen molar-refractivity contribution in [3.63, 3.8) is 0 Å². The number of carbonyl (C=O) groups excluding carboxylic acids is 2. The van der Waals surface area contributed by atoms with E-state index in [4.69, 9.17) is 11.6 Å². The molecule has 5 nitrogen and oxygen atoms in total. The Labute approximate surface area is 136 Å². The van der Waals surface area contributed by atoms with E-state index in [2.05, 4.69) is 10.6 Å². The van der Waals surface area contributed by atoms with Crippen LogP contribution in [0.5, 0.6) is 0 Å². The number of aliphatic hydroxyl groups excluding tert-OH is 1. The number of thiophene rings is 1. The SMILES string of the molecule is C[C@@H](O)CNC(=O)c1ccc(Cl)c(NC(=O)c2cccs2)c1. The molecule has 0 spiro atoms. The molecular weight excluding hydrogens is 324 g/mol. The number of aliphatic hydroxyl groups is 1. The molecule has 7 heteroatoms. The second-order valence-electron chi connectivity index (χ2n) is 4.69. The number of anilines is 1. The van der Waals surface area contributed by atoms with Gasteiger partial charge in [-0.15, -0.1) is 11.3 Å². The Bertz CT molecular complexity index is 671. The van der Waals surface area contributed by atoms with Gasteiger partial charge in [0.1, 0.15) is 0 Å². The number of benzene rings is 1. The fourth-order valence-corrected chi connectivity index (χ4v) is 2.48. The zero-order chi connectivity index (χ0) is 16.1. The molecule has 1 aromatic carbocycles. The molecule has 0 aliphatic heterocycles. The third-order valence-electron chi connectivity index (χ3n) is 2.78. The first-order chi connectivity index (χ1) is 10.5. The molecular formula is C15H15ClN2O3S. The molecule has 2 amide bonds. The molecule has 1 heterocycles. The quantitative estimate of drug-likeness (QED) is 0.784. The van der Waals surface area contributed by atoms with E-state index < -0.39 is 6.10 Å². The van der Waals surface area contributed by atoms with Crippen molar-refractivity contribution in [2.75, 3.05) is 11.9 Å². The molecule has 1 atom stereocenters. The van der Waals surface area contributed by atoms with Crippen LogP contribution in [0.2, 0.25) is 5.02 Å². The maximum absolute atomic E-state index is 12.0. The Hall–Kier alpha value is -1.89. The van der Waals surface area contributed by atoms with Crippen LogP contribution in [0.3, 0.4) is 0 Å². The monoisotopic (exact) mass is 338 g/mol. The normalized spacial score (nSPS) is 11.8. The van der Waals surface area contributed by atoms with Crippen molar-refractivity contribution in [1.82, 2.24) is 5.32 Å². The van der Waals surface area contributed by atoms with Gasteiger partial charge in [0.15, 0.2) is 0 Å². The molecule has 2 aromatic rings. The van der Waals surface area contributed by atoms with Crippen molar-refractivity contribution >= 4 is 40.4 Å². The molecule has 0 saturated carbocycles. The minimum absolute atomic E-state index is 0.151. The lowest BCUT2D eigenvalue weighted by atomic mass is 10.2. The van der Waals surface area contributed by atoms with E-state index >= 15 is 0 Å². The van der Waals surface area contributed by atoms with Gasteiger partial charge in [-0.25, -0.2) is 0 Å². The summed E-state index contributed by atoms with van der Waals surface area (Å²) in [6.07, 6.45) is -0.630. The first-order valence-electron chi connectivity index (χ1n) is 6.58. The zero-order valence-electron chi connectivity index (χ0n) is 11.8. The highest BCUT2D eigenvalue weighted by molar-refractivity contribution is 7.12. The Morgan fingerprint density at radius 1 is 1.32 bits per heavy atom. The summed E-state index contributed by atoms with van der Waals surface area (Å²) in [5.41, 5.74) is 0.719. The predicted octanol–water partition coefficient (Wildman–Crippen LogP) is 2.76. The third kappa shape index (κ3) is 4.30. The summed E-state index contributed by atoms with van der Waals surface area (Å²) in [4.78, 5) is 24.5. The first-order valence-corrected chi connectivity index (χ1v) is 7.84. The van der Waals surface area contributed by atoms with Gasteiger partial charge in [-0.1, -0.05) is 17.7 Å². The van der Waals surface area contributed by atoms with Gasteiger partial charge < -0.3 is 15.7 Å². The summed E-state index contributed by atoms with van der Waals surface area (Å²) in [7, 11) is 0. The van der Waals surface area contributed by atoms with Crippen LogP contribution in [0.1, 0.15) is 27.0 Å². The molecule has 0 bridgehead atoms. The van der Waals surface area contributed by atoms with Crippen LogP contribution in [0.4, 0.5) is 5.69 Å². The van der Waals surface area contributed by atoms with E-state index in [0.29, 0.717) is 21.2 Å². The highest BCUT2D eigenvalue weighted by Gasteiger charge is 2.13. The Morgan fingerprint density at radius 2 is 2.09 bits per heavy atom. The second kappa shape index (κ2) is 7.40. The summed E-state index contributed by atoms with van der Waals surface area (Å²) in [6.45, 7) is 1.73. The lowest BCUT2D eigenvalue weighted by Crippen LogP contribution is -2.30. The molecule has 0 aliphatic carbocycles. The van der Waals surface area contributed by atoms with Crippen LogP contribution in [0.25, 0.3) is 0 Å². The van der Waals surface area contributed by atoms with Crippen LogP contribution < -0.4 is 10.6 Å². The molecule has 0 saturated heterocycles. The summed E-state index contributed by atoms with van der Waals surface area (Å²) < 4.78 is 0. The van der Waals surface area contributed by atoms with Gasteiger partial charge >= 0.3 is 0 Å². The van der Waals surface area contributed by atoms with Gasteiger partial charge in [-0.2, -0.15) is 0 Å². The molecule has 0 fully saturated rings. The van der Waals surface area contributed by atoms with E-state index in [1.165, 1.54) is 17.4 Å². The maximum Gasteiger partial charge on any atom is 0.265 e. The standard InChI is InChI=1S/C15H15ClN2O3S/c1-9(19)8-17-14(20)10-4-5-11(16)12(7-10)18-15(21)13-3-2-6-22-13/h2-7,9,19H,8H2,1H3,(H,17,20)(H,18,21)/t9-/m1/s1. The number of amides is 2. The minimum Gasteiger partial charge on any atom is -0.392 e. The van der Waals surface area contributed by atoms with Gasteiger partial charge in [-0.05, 0) is 36.6 Å². The minimum atomic E-state index is -0.630. The molecule has 2 rings (SSSR count). The zero-order valence-corrected chi connectivity index (χ0v) is 13.4. The van der Waals surface area contributed by atoms with E-state index in [-0.39, 0.29) is 18.4 Å². The average Bonchev–Trinajstić information content (AvgIpc) is 3.01. The molecule has 1 aromatic heterocycles. The van der Waals surface area contributed by atoms with E-state index in [1.54, 1.807) is 36.6 Å². The van der Waals surface area contributed by atoms with Gasteiger partial charge in [0, 0.05) is 12.1 Å². The van der Waals surface area contributed by atoms with Crippen LogP contribution in [0.15, 0.2) is 35.7 Å². The number of hydrogen-bond donors (Lipinski definition) is 3. The van der Waals surface area contributed by atoms with Gasteiger partial charge in [0.2, 0.25) is 0 Å². The van der Waals surface area contributed by atoms with Crippen molar-refractivity contribution in [2.45, 2.75) is 13.0 Å². The number of nitrogens with one attached hydrogen (secondary N) is 2. The van der Waals surface area contributed by atoms with Gasteiger partial charge in [0.05, 0.1) is 21.7 Å². The fraction of sp³-hybridized carbons (Fsp3) is 0.200. The van der Waals surface area contributed by atoms with Crippen molar-refractivity contribution in [3.05, 3.63) is 51.2 Å². The Morgan fingerprint density at radius 3 is 2.73 bits per heavy atom. The first kappa shape index (κ1) is 16.5. The summed E-state index contributed by atoms with van der Waals surface area (Å²) in [6, 6.07) is 8.09. The van der Waals surface area contributed by atoms with Crippen LogP contribution >= 0.6 is 22.9 Å². The maximum atomic E-state index is 12.0.